The fourth-order valence-electron chi connectivity index (χ4n) is 4.69. The van der Waals surface area contributed by atoms with Crippen molar-refractivity contribution in [3.63, 3.8) is 0 Å². The molecule has 1 fully saturated rings. The first-order valence-electron chi connectivity index (χ1n) is 10.1. The molecule has 8 heteroatoms. The number of piperazine rings is 1. The Morgan fingerprint density at radius 3 is 1.87 bits per heavy atom. The number of sulfonamides is 1. The van der Waals surface area contributed by atoms with Gasteiger partial charge >= 0.3 is 0 Å². The number of hydrogen-bond donors (Lipinski definition) is 0. The summed E-state index contributed by atoms with van der Waals surface area (Å²) in [5.74, 6) is 0. The van der Waals surface area contributed by atoms with Crippen LogP contribution in [0.2, 0.25) is 0 Å². The third-order valence-corrected chi connectivity index (χ3v) is 8.07. The van der Waals surface area contributed by atoms with Gasteiger partial charge in [-0.3, -0.25) is 15.0 Å². The number of nitrogens with zero attached hydrogens (tertiary/aromatic N) is 3. The second kappa shape index (κ2) is 7.56. The molecule has 5 rings (SSSR count). The zero-order chi connectivity index (χ0) is 21.6. The maximum Gasteiger partial charge on any atom is 0.289 e. The molecule has 1 aliphatic heterocycles. The largest absolute Gasteiger partial charge is 0.290 e. The third-order valence-electron chi connectivity index (χ3n) is 6.12. The van der Waals surface area contributed by atoms with E-state index in [1.165, 1.54) is 50.8 Å². The van der Waals surface area contributed by atoms with Crippen LogP contribution in [0, 0.1) is 10.1 Å². The summed E-state index contributed by atoms with van der Waals surface area (Å²) in [6, 6.07) is 22.3. The Morgan fingerprint density at radius 2 is 1.29 bits per heavy atom. The summed E-state index contributed by atoms with van der Waals surface area (Å²) in [7, 11) is -3.94. The molecule has 7 nitrogen and oxygen atoms in total. The molecular weight excluding hydrogens is 414 g/mol. The lowest BCUT2D eigenvalue weighted by Gasteiger charge is -2.38. The van der Waals surface area contributed by atoms with E-state index in [9.17, 15) is 18.5 Å². The third kappa shape index (κ3) is 3.23. The molecule has 0 bridgehead atoms. The van der Waals surface area contributed by atoms with E-state index in [0.29, 0.717) is 13.1 Å². The Bertz CT molecular complexity index is 1220. The Morgan fingerprint density at radius 1 is 0.774 bits per heavy atom. The summed E-state index contributed by atoms with van der Waals surface area (Å²) in [4.78, 5) is 12.7. The first-order chi connectivity index (χ1) is 15.0. The summed E-state index contributed by atoms with van der Waals surface area (Å²) < 4.78 is 27.6. The van der Waals surface area contributed by atoms with Crippen molar-refractivity contribution < 1.29 is 13.3 Å². The maximum absolute atomic E-state index is 13.1. The number of fused-ring (bicyclic) bond motifs is 3. The van der Waals surface area contributed by atoms with Crippen LogP contribution in [0.4, 0.5) is 5.69 Å². The van der Waals surface area contributed by atoms with E-state index in [0.717, 1.165) is 0 Å². The zero-order valence-electron chi connectivity index (χ0n) is 16.7. The van der Waals surface area contributed by atoms with Gasteiger partial charge in [-0.2, -0.15) is 4.31 Å². The van der Waals surface area contributed by atoms with Crippen molar-refractivity contribution in [2.45, 2.75) is 10.9 Å². The number of hydrogen-bond acceptors (Lipinski definition) is 5. The highest BCUT2D eigenvalue weighted by Crippen LogP contribution is 2.46. The van der Waals surface area contributed by atoms with E-state index in [-0.39, 0.29) is 29.7 Å². The lowest BCUT2D eigenvalue weighted by molar-refractivity contribution is -0.387. The van der Waals surface area contributed by atoms with Gasteiger partial charge in [0.2, 0.25) is 10.0 Å². The minimum absolute atomic E-state index is 0.0864. The van der Waals surface area contributed by atoms with Gasteiger partial charge < -0.3 is 0 Å². The molecular formula is C23H21N3O4S. The summed E-state index contributed by atoms with van der Waals surface area (Å²) in [5, 5.41) is 11.3. The van der Waals surface area contributed by atoms with Crippen molar-refractivity contribution in [1.82, 2.24) is 9.21 Å². The summed E-state index contributed by atoms with van der Waals surface area (Å²) in [5.41, 5.74) is 4.53. The number of rotatable bonds is 4. The van der Waals surface area contributed by atoms with Crippen LogP contribution in [-0.4, -0.2) is 48.7 Å². The highest BCUT2D eigenvalue weighted by atomic mass is 32.2. The van der Waals surface area contributed by atoms with E-state index in [2.05, 4.69) is 29.2 Å². The highest BCUT2D eigenvalue weighted by molar-refractivity contribution is 7.89. The minimum atomic E-state index is -3.94. The highest BCUT2D eigenvalue weighted by Gasteiger charge is 2.38. The number of nitro benzene ring substituents is 1. The molecule has 3 aromatic carbocycles. The quantitative estimate of drug-likeness (QED) is 0.461. The Hall–Kier alpha value is -3.07. The van der Waals surface area contributed by atoms with Crippen LogP contribution in [0.1, 0.15) is 17.2 Å². The lowest BCUT2D eigenvalue weighted by Crippen LogP contribution is -2.49. The molecule has 0 amide bonds. The van der Waals surface area contributed by atoms with Crippen molar-refractivity contribution in [3.8, 4) is 11.1 Å². The first-order valence-corrected chi connectivity index (χ1v) is 11.6. The molecule has 0 N–H and O–H groups in total. The molecule has 2 aliphatic rings. The first kappa shape index (κ1) is 19.9. The van der Waals surface area contributed by atoms with Gasteiger partial charge in [-0.1, -0.05) is 60.7 Å². The summed E-state index contributed by atoms with van der Waals surface area (Å²) in [6.45, 7) is 1.67. The molecule has 0 spiro atoms. The second-order valence-electron chi connectivity index (χ2n) is 7.74. The van der Waals surface area contributed by atoms with Crippen molar-refractivity contribution >= 4 is 15.7 Å². The second-order valence-corrected chi connectivity index (χ2v) is 9.65. The van der Waals surface area contributed by atoms with Crippen LogP contribution >= 0.6 is 0 Å². The van der Waals surface area contributed by atoms with Crippen LogP contribution in [0.5, 0.6) is 0 Å². The van der Waals surface area contributed by atoms with Crippen LogP contribution in [0.3, 0.4) is 0 Å². The molecule has 31 heavy (non-hydrogen) atoms. The van der Waals surface area contributed by atoms with Crippen LogP contribution in [0.15, 0.2) is 77.7 Å². The normalized spacial score (nSPS) is 17.3. The molecule has 158 valence electrons. The van der Waals surface area contributed by atoms with Crippen molar-refractivity contribution in [3.05, 3.63) is 94.0 Å². The van der Waals surface area contributed by atoms with Crippen molar-refractivity contribution in [2.75, 3.05) is 26.2 Å². The number of nitro groups is 1. The Labute approximate surface area is 180 Å². The van der Waals surface area contributed by atoms with E-state index in [4.69, 9.17) is 0 Å². The fourth-order valence-corrected chi connectivity index (χ4v) is 6.27. The topological polar surface area (TPSA) is 83.8 Å². The maximum atomic E-state index is 13.1. The molecule has 0 aromatic heterocycles. The van der Waals surface area contributed by atoms with E-state index < -0.39 is 14.9 Å². The van der Waals surface area contributed by atoms with Gasteiger partial charge in [0, 0.05) is 32.2 Å². The summed E-state index contributed by atoms with van der Waals surface area (Å²) >= 11 is 0. The average Bonchev–Trinajstić information content (AvgIpc) is 3.13. The molecule has 0 saturated carbocycles. The molecule has 1 heterocycles. The van der Waals surface area contributed by atoms with Crippen molar-refractivity contribution in [2.24, 2.45) is 0 Å². The monoisotopic (exact) mass is 435 g/mol. The van der Waals surface area contributed by atoms with Gasteiger partial charge in [0.1, 0.15) is 0 Å². The predicted molar refractivity (Wildman–Crippen MR) is 117 cm³/mol. The SMILES string of the molecule is O=[N+]([O-])c1ccccc1S(=O)(=O)N1CCN(C2c3ccccc3-c3ccccc32)CC1. The minimum Gasteiger partial charge on any atom is -0.290 e. The van der Waals surface area contributed by atoms with Gasteiger partial charge in [-0.15, -0.1) is 0 Å². The van der Waals surface area contributed by atoms with Gasteiger partial charge in [0.25, 0.3) is 5.69 Å². The van der Waals surface area contributed by atoms with E-state index >= 15 is 0 Å². The summed E-state index contributed by atoms with van der Waals surface area (Å²) in [6.07, 6.45) is 0. The zero-order valence-corrected chi connectivity index (χ0v) is 17.5. The predicted octanol–water partition coefficient (Wildman–Crippen LogP) is 3.67. The van der Waals surface area contributed by atoms with Crippen LogP contribution in [0.25, 0.3) is 11.1 Å². The van der Waals surface area contributed by atoms with E-state index in [1.807, 2.05) is 24.3 Å². The molecule has 1 aliphatic carbocycles. The Kier molecular flexibility index (Phi) is 4.85. The Balaban J connectivity index is 1.41. The molecule has 3 aromatic rings. The molecule has 1 saturated heterocycles. The molecule has 0 radical (unpaired) electrons. The fraction of sp³-hybridized carbons (Fsp3) is 0.217. The van der Waals surface area contributed by atoms with Gasteiger partial charge in [0.15, 0.2) is 4.90 Å². The average molecular weight is 436 g/mol. The number of benzene rings is 3. The van der Waals surface area contributed by atoms with Crippen LogP contribution in [-0.2, 0) is 10.0 Å². The van der Waals surface area contributed by atoms with Crippen molar-refractivity contribution in [1.29, 1.82) is 0 Å². The van der Waals surface area contributed by atoms with Crippen LogP contribution < -0.4 is 0 Å². The van der Waals surface area contributed by atoms with Gasteiger partial charge in [0.05, 0.1) is 11.0 Å². The standard InChI is InChI=1S/C23H21N3O4S/c27-26(28)21-11-5-6-12-22(21)31(29,30)25-15-13-24(14-16-25)23-19-9-3-1-7-17(19)18-8-2-4-10-20(18)23/h1-12,23H,13-16H2. The van der Waals surface area contributed by atoms with E-state index in [1.54, 1.807) is 0 Å². The molecule has 0 unspecified atom stereocenters. The lowest BCUT2D eigenvalue weighted by atomic mass is 10.0. The van der Waals surface area contributed by atoms with Gasteiger partial charge in [-0.25, -0.2) is 8.42 Å². The smallest absolute Gasteiger partial charge is 0.289 e. The van der Waals surface area contributed by atoms with Gasteiger partial charge in [-0.05, 0) is 28.3 Å². The molecule has 0 atom stereocenters. The number of para-hydroxylation sites is 1.